The van der Waals surface area contributed by atoms with Gasteiger partial charge in [0, 0.05) is 17.9 Å². The van der Waals surface area contributed by atoms with E-state index in [1.807, 2.05) is 10.6 Å². The molecule has 3 aromatic heterocycles. The molecule has 30 heavy (non-hydrogen) atoms. The summed E-state index contributed by atoms with van der Waals surface area (Å²) in [5.74, 6) is -0.499. The molecule has 0 amide bonds. The maximum absolute atomic E-state index is 13.3. The Morgan fingerprint density at radius 3 is 2.77 bits per heavy atom. The molecular weight excluding hydrogens is 380 g/mol. The first-order valence-electron chi connectivity index (χ1n) is 10.4. The van der Waals surface area contributed by atoms with Crippen LogP contribution in [0.25, 0.3) is 16.7 Å². The molecular formula is C23H26N4O3. The normalized spacial score (nSPS) is 15.6. The fraction of sp³-hybridized carbons (Fsp3) is 0.391. The van der Waals surface area contributed by atoms with Crippen LogP contribution in [0.4, 0.5) is 0 Å². The van der Waals surface area contributed by atoms with Gasteiger partial charge in [-0.15, -0.1) is 0 Å². The number of rotatable bonds is 4. The van der Waals surface area contributed by atoms with Crippen LogP contribution in [-0.4, -0.2) is 26.5 Å². The van der Waals surface area contributed by atoms with Crippen LogP contribution in [0.2, 0.25) is 0 Å². The summed E-state index contributed by atoms with van der Waals surface area (Å²) in [6.07, 6.45) is 6.93. The summed E-state index contributed by atoms with van der Waals surface area (Å²) in [5, 5.41) is 0.382. The zero-order valence-corrected chi connectivity index (χ0v) is 17.4. The first kappa shape index (κ1) is 20.1. The van der Waals surface area contributed by atoms with Gasteiger partial charge in [-0.1, -0.05) is 31.9 Å². The number of hydrogen-bond donors (Lipinski definition) is 0. The molecule has 0 unspecified atom stereocenters. The Morgan fingerprint density at radius 2 is 2.07 bits per heavy atom. The molecule has 0 aromatic carbocycles. The standard InChI is InChI=1S/C23H26N4O3/c1-4-30-23(29)18-14-17-20(25-19-12-8-9-13-26(19)22(17)28)27(21(18)24-15(2)3)16-10-6-5-7-11-16/h8-9,12-14,16H,2,4-7,10-11H2,1,3H3. The van der Waals surface area contributed by atoms with E-state index >= 15 is 0 Å². The van der Waals surface area contributed by atoms with E-state index in [-0.39, 0.29) is 23.8 Å². The number of esters is 1. The first-order chi connectivity index (χ1) is 14.5. The van der Waals surface area contributed by atoms with Gasteiger partial charge < -0.3 is 9.30 Å². The van der Waals surface area contributed by atoms with Crippen LogP contribution in [-0.2, 0) is 4.74 Å². The van der Waals surface area contributed by atoms with Crippen molar-refractivity contribution in [2.75, 3.05) is 6.61 Å². The Morgan fingerprint density at radius 1 is 1.30 bits per heavy atom. The molecule has 1 aliphatic carbocycles. The summed E-state index contributed by atoms with van der Waals surface area (Å²) in [7, 11) is 0. The Kier molecular flexibility index (Phi) is 5.53. The molecule has 3 heterocycles. The fourth-order valence-corrected chi connectivity index (χ4v) is 4.18. The minimum atomic E-state index is -0.499. The van der Waals surface area contributed by atoms with Gasteiger partial charge in [-0.05, 0) is 44.9 Å². The van der Waals surface area contributed by atoms with Crippen LogP contribution in [0.3, 0.4) is 0 Å². The molecule has 3 aromatic rings. The van der Waals surface area contributed by atoms with E-state index in [0.29, 0.717) is 27.9 Å². The van der Waals surface area contributed by atoms with Gasteiger partial charge in [0.15, 0.2) is 0 Å². The van der Waals surface area contributed by atoms with Gasteiger partial charge in [-0.25, -0.2) is 14.8 Å². The highest BCUT2D eigenvalue weighted by molar-refractivity contribution is 5.93. The SMILES string of the molecule is C=C(C)N=c1c(C(=O)OCC)cc2c(=O)n3ccccc3nc2n1C1CCCCC1. The molecule has 1 saturated carbocycles. The van der Waals surface area contributed by atoms with E-state index in [1.54, 1.807) is 38.2 Å². The molecule has 0 N–H and O–H groups in total. The first-order valence-corrected chi connectivity index (χ1v) is 10.4. The minimum Gasteiger partial charge on any atom is -0.462 e. The van der Waals surface area contributed by atoms with Crippen molar-refractivity contribution < 1.29 is 9.53 Å². The monoisotopic (exact) mass is 406 g/mol. The summed E-state index contributed by atoms with van der Waals surface area (Å²) in [6.45, 7) is 7.69. The lowest BCUT2D eigenvalue weighted by Gasteiger charge is -2.27. The highest BCUT2D eigenvalue weighted by Crippen LogP contribution is 2.29. The zero-order valence-electron chi connectivity index (χ0n) is 17.4. The van der Waals surface area contributed by atoms with Crippen molar-refractivity contribution in [1.82, 2.24) is 14.0 Å². The van der Waals surface area contributed by atoms with Crippen molar-refractivity contribution >= 4 is 22.6 Å². The van der Waals surface area contributed by atoms with Gasteiger partial charge in [0.25, 0.3) is 5.56 Å². The Hall–Kier alpha value is -3.22. The molecule has 7 heteroatoms. The quantitative estimate of drug-likeness (QED) is 0.488. The highest BCUT2D eigenvalue weighted by Gasteiger charge is 2.24. The van der Waals surface area contributed by atoms with Gasteiger partial charge in [-0.2, -0.15) is 0 Å². The van der Waals surface area contributed by atoms with Crippen molar-refractivity contribution in [3.05, 3.63) is 64.1 Å². The average Bonchev–Trinajstić information content (AvgIpc) is 2.74. The largest absolute Gasteiger partial charge is 0.462 e. The van der Waals surface area contributed by atoms with Crippen molar-refractivity contribution in [2.45, 2.75) is 52.0 Å². The second kappa shape index (κ2) is 8.26. The second-order valence-electron chi connectivity index (χ2n) is 7.69. The van der Waals surface area contributed by atoms with E-state index in [0.717, 1.165) is 25.7 Å². The van der Waals surface area contributed by atoms with Crippen LogP contribution < -0.4 is 11.0 Å². The molecule has 0 atom stereocenters. The van der Waals surface area contributed by atoms with Crippen molar-refractivity contribution in [1.29, 1.82) is 0 Å². The summed E-state index contributed by atoms with van der Waals surface area (Å²) >= 11 is 0. The van der Waals surface area contributed by atoms with Crippen LogP contribution in [0, 0.1) is 0 Å². The smallest absolute Gasteiger partial charge is 0.341 e. The summed E-state index contributed by atoms with van der Waals surface area (Å²) in [4.78, 5) is 35.6. The Balaban J connectivity index is 2.19. The second-order valence-corrected chi connectivity index (χ2v) is 7.69. The number of ether oxygens (including phenoxy) is 1. The summed E-state index contributed by atoms with van der Waals surface area (Å²) in [6, 6.07) is 7.12. The van der Waals surface area contributed by atoms with Crippen molar-refractivity contribution in [3.8, 4) is 0 Å². The Bertz CT molecular complexity index is 1260. The minimum absolute atomic E-state index is 0.104. The molecule has 7 nitrogen and oxygen atoms in total. The number of fused-ring (bicyclic) bond motifs is 2. The average molecular weight is 406 g/mol. The molecule has 1 fully saturated rings. The molecule has 156 valence electrons. The lowest BCUT2D eigenvalue weighted by Crippen LogP contribution is -2.35. The van der Waals surface area contributed by atoms with Crippen LogP contribution in [0.1, 0.15) is 62.4 Å². The molecule has 4 rings (SSSR count). The van der Waals surface area contributed by atoms with Gasteiger partial charge in [-0.3, -0.25) is 9.20 Å². The van der Waals surface area contributed by atoms with Gasteiger partial charge in [0.2, 0.25) is 0 Å². The molecule has 0 aliphatic heterocycles. The van der Waals surface area contributed by atoms with Crippen molar-refractivity contribution in [2.24, 2.45) is 4.99 Å². The number of allylic oxidation sites excluding steroid dienone is 1. The lowest BCUT2D eigenvalue weighted by molar-refractivity contribution is 0.0523. The van der Waals surface area contributed by atoms with Gasteiger partial charge in [0.1, 0.15) is 22.3 Å². The molecule has 0 radical (unpaired) electrons. The van der Waals surface area contributed by atoms with E-state index in [4.69, 9.17) is 9.72 Å². The third-order valence-corrected chi connectivity index (χ3v) is 5.47. The molecule has 0 spiro atoms. The maximum atomic E-state index is 13.3. The molecule has 1 aliphatic rings. The number of carbonyl (C=O) groups is 1. The van der Waals surface area contributed by atoms with Gasteiger partial charge in [0.05, 0.1) is 12.0 Å². The van der Waals surface area contributed by atoms with Crippen LogP contribution in [0.15, 0.2) is 52.5 Å². The van der Waals surface area contributed by atoms with Crippen LogP contribution in [0.5, 0.6) is 0 Å². The maximum Gasteiger partial charge on any atom is 0.341 e. The predicted molar refractivity (Wildman–Crippen MR) is 115 cm³/mol. The number of aromatic nitrogens is 3. The molecule has 0 bridgehead atoms. The number of carbonyl (C=O) groups excluding carboxylic acids is 1. The summed E-state index contributed by atoms with van der Waals surface area (Å²) < 4.78 is 8.77. The number of pyridine rings is 2. The highest BCUT2D eigenvalue weighted by atomic mass is 16.5. The summed E-state index contributed by atoms with van der Waals surface area (Å²) in [5.41, 5.74) is 2.20. The van der Waals surface area contributed by atoms with E-state index in [1.165, 1.54) is 10.8 Å². The third-order valence-electron chi connectivity index (χ3n) is 5.47. The third kappa shape index (κ3) is 3.56. The zero-order chi connectivity index (χ0) is 21.3. The number of hydrogen-bond acceptors (Lipinski definition) is 5. The van der Waals surface area contributed by atoms with E-state index in [9.17, 15) is 9.59 Å². The van der Waals surface area contributed by atoms with E-state index in [2.05, 4.69) is 11.6 Å². The topological polar surface area (TPSA) is 78.0 Å². The number of nitrogens with zero attached hydrogens (tertiary/aromatic N) is 4. The lowest BCUT2D eigenvalue weighted by atomic mass is 9.94. The Labute approximate surface area is 174 Å². The van der Waals surface area contributed by atoms with Crippen LogP contribution >= 0.6 is 0 Å². The predicted octanol–water partition coefficient (Wildman–Crippen LogP) is 3.77. The van der Waals surface area contributed by atoms with Gasteiger partial charge >= 0.3 is 5.97 Å². The van der Waals surface area contributed by atoms with E-state index < -0.39 is 5.97 Å². The van der Waals surface area contributed by atoms with Crippen molar-refractivity contribution in [3.63, 3.8) is 0 Å². The fourth-order valence-electron chi connectivity index (χ4n) is 4.18. The molecule has 0 saturated heterocycles.